The van der Waals surface area contributed by atoms with Gasteiger partial charge in [0.1, 0.15) is 35.5 Å². The molecule has 2 aromatic heterocycles. The number of phenols is 1. The maximum atomic E-state index is 15.3. The van der Waals surface area contributed by atoms with Crippen molar-refractivity contribution in [3.05, 3.63) is 58.0 Å². The summed E-state index contributed by atoms with van der Waals surface area (Å²) in [5.41, 5.74) is -6.40. The third kappa shape index (κ3) is 4.88. The molecule has 0 spiro atoms. The summed E-state index contributed by atoms with van der Waals surface area (Å²) >= 11 is 0. The summed E-state index contributed by atoms with van der Waals surface area (Å²) in [6.45, 7) is -4.63. The maximum absolute atomic E-state index is 15.3. The van der Waals surface area contributed by atoms with Crippen LogP contribution in [0, 0.1) is 11.6 Å². The van der Waals surface area contributed by atoms with Crippen LogP contribution in [0.25, 0.3) is 27.4 Å². The molecule has 0 radical (unpaired) electrons. The summed E-state index contributed by atoms with van der Waals surface area (Å²) in [5, 5.41) is 12.5. The van der Waals surface area contributed by atoms with E-state index in [-0.39, 0.29) is 52.6 Å². The number of anilines is 1. The largest absolute Gasteiger partial charge is 0.508 e. The van der Waals surface area contributed by atoms with E-state index in [1.165, 1.54) is 0 Å². The highest BCUT2D eigenvalue weighted by molar-refractivity contribution is 5.94. The Bertz CT molecular complexity index is 2160. The highest BCUT2D eigenvalue weighted by atomic mass is 19.4. The molecule has 2 N–H and O–H groups in total. The zero-order valence-electron chi connectivity index (χ0n) is 28.5. The second-order valence-electron chi connectivity index (χ2n) is 12.5. The lowest BCUT2D eigenvalue weighted by Crippen LogP contribution is -2.61. The van der Waals surface area contributed by atoms with Gasteiger partial charge in [-0.1, -0.05) is 6.07 Å². The quantitative estimate of drug-likeness (QED) is 0.293. The van der Waals surface area contributed by atoms with Gasteiger partial charge >= 0.3 is 12.2 Å². The summed E-state index contributed by atoms with van der Waals surface area (Å²) in [6, 6.07) is 2.89. The first-order valence-corrected chi connectivity index (χ1v) is 15.2. The molecule has 5 aliphatic heterocycles. The molecule has 4 atom stereocenters. The second-order valence-corrected chi connectivity index (χ2v) is 12.5. The number of phenolic OH excluding ortho intramolecular Hbond substituents is 1. The first-order valence-electron chi connectivity index (χ1n) is 17.2. The summed E-state index contributed by atoms with van der Waals surface area (Å²) in [7, 11) is 0. The van der Waals surface area contributed by atoms with Crippen molar-refractivity contribution in [1.29, 1.82) is 0 Å². The minimum atomic E-state index is -5.27. The fourth-order valence-corrected chi connectivity index (χ4v) is 7.42. The predicted molar refractivity (Wildman–Crippen MR) is 160 cm³/mol. The van der Waals surface area contributed by atoms with Crippen LogP contribution in [0.1, 0.15) is 43.3 Å². The van der Waals surface area contributed by atoms with Crippen LogP contribution >= 0.6 is 0 Å². The van der Waals surface area contributed by atoms with Crippen molar-refractivity contribution in [3.8, 4) is 17.4 Å². The standard InChI is InChI=1S/C32H30F6N6O3/c33-17-11-31(6-1-7-42(31)13-17)15-47-30-40-27-21(28(41-30)43-14-18-3-4-19(43)12-39-18)10-24(32(36,37)38)44(29(27)46)23-9-20(45)8-16-2-5-22(34)26(35)25(16)23/h2,5,8-10,17-19,39,45H,1,3-4,6-7,11-15H2/t17-,18?,19?,31+/m1/s1/i7D2,15D2. The number of benzene rings is 2. The van der Waals surface area contributed by atoms with Crippen molar-refractivity contribution in [3.63, 3.8) is 0 Å². The Hall–Kier alpha value is -4.11. The number of halogens is 6. The third-order valence-corrected chi connectivity index (χ3v) is 9.59. The van der Waals surface area contributed by atoms with Gasteiger partial charge in [-0.2, -0.15) is 23.1 Å². The minimum Gasteiger partial charge on any atom is -0.508 e. The smallest absolute Gasteiger partial charge is 0.431 e. The number of piperidine rings is 2. The van der Waals surface area contributed by atoms with E-state index in [4.69, 9.17) is 10.2 Å². The van der Waals surface area contributed by atoms with E-state index >= 15 is 4.39 Å². The third-order valence-electron chi connectivity index (χ3n) is 9.59. The van der Waals surface area contributed by atoms with Gasteiger partial charge in [-0.05, 0) is 55.8 Å². The van der Waals surface area contributed by atoms with Crippen LogP contribution in [-0.4, -0.2) is 81.0 Å². The van der Waals surface area contributed by atoms with E-state index < -0.39 is 95.1 Å². The van der Waals surface area contributed by atoms with E-state index in [0.717, 1.165) is 29.5 Å². The Balaban J connectivity index is 1.39. The first kappa shape index (κ1) is 25.9. The number of rotatable bonds is 5. The Morgan fingerprint density at radius 2 is 2.00 bits per heavy atom. The Morgan fingerprint density at radius 1 is 1.17 bits per heavy atom. The Labute approximate surface area is 269 Å². The fourth-order valence-electron chi connectivity index (χ4n) is 7.42. The van der Waals surface area contributed by atoms with Gasteiger partial charge in [-0.15, -0.1) is 0 Å². The minimum absolute atomic E-state index is 0.0720. The van der Waals surface area contributed by atoms with Crippen LogP contribution in [0.4, 0.5) is 32.2 Å². The molecule has 5 fully saturated rings. The molecule has 248 valence electrons. The second kappa shape index (κ2) is 10.7. The molecule has 2 bridgehead atoms. The van der Waals surface area contributed by atoms with Crippen LogP contribution in [0.5, 0.6) is 11.8 Å². The van der Waals surface area contributed by atoms with Gasteiger partial charge in [0.15, 0.2) is 11.6 Å². The van der Waals surface area contributed by atoms with E-state index in [2.05, 4.69) is 15.3 Å². The van der Waals surface area contributed by atoms with E-state index in [1.807, 2.05) is 0 Å². The summed E-state index contributed by atoms with van der Waals surface area (Å²) in [6.07, 6.45) is -6.16. The van der Waals surface area contributed by atoms with Gasteiger partial charge in [0.2, 0.25) is 0 Å². The van der Waals surface area contributed by atoms with Crippen molar-refractivity contribution < 1.29 is 41.7 Å². The normalized spacial score (nSPS) is 28.7. The highest BCUT2D eigenvalue weighted by Gasteiger charge is 2.49. The lowest BCUT2D eigenvalue weighted by molar-refractivity contribution is -0.142. The number of fused-ring (bicyclic) bond motifs is 6. The molecule has 0 aliphatic carbocycles. The van der Waals surface area contributed by atoms with E-state index in [9.17, 15) is 31.9 Å². The number of nitrogens with zero attached hydrogens (tertiary/aromatic N) is 5. The monoisotopic (exact) mass is 664 g/mol. The number of pyridine rings is 1. The SMILES string of the molecule is [2H]C1([2H])CC[C@@]2(C([2H])([2H])Oc3nc(N4CC5CCC4CN5)c4cc(C(F)(F)F)n(-c5cc(O)cc6ccc(F)c(F)c56)c(=O)c4n3)C[C@@H](F)CN12. The van der Waals surface area contributed by atoms with Gasteiger partial charge in [0.05, 0.1) is 19.4 Å². The molecule has 47 heavy (non-hydrogen) atoms. The zero-order chi connectivity index (χ0) is 36.4. The van der Waals surface area contributed by atoms with Crippen LogP contribution in [0.15, 0.2) is 35.1 Å². The molecule has 0 amide bonds. The molecule has 7 heterocycles. The number of alkyl halides is 4. The summed E-state index contributed by atoms with van der Waals surface area (Å²) in [4.78, 5) is 25.7. The average molecular weight is 665 g/mol. The summed E-state index contributed by atoms with van der Waals surface area (Å²) in [5.74, 6) is -3.80. The van der Waals surface area contributed by atoms with Crippen LogP contribution in [-0.2, 0) is 6.18 Å². The van der Waals surface area contributed by atoms with Crippen molar-refractivity contribution in [2.24, 2.45) is 0 Å². The lowest BCUT2D eigenvalue weighted by atomic mass is 9.93. The van der Waals surface area contributed by atoms with Gasteiger partial charge in [-0.3, -0.25) is 14.3 Å². The fraction of sp³-hybridized carbons (Fsp3) is 0.469. The number of hydrogen-bond donors (Lipinski definition) is 2. The molecule has 4 aromatic rings. The molecule has 15 heteroatoms. The molecule has 2 unspecified atom stereocenters. The molecule has 5 saturated heterocycles. The van der Waals surface area contributed by atoms with Gasteiger partial charge in [0, 0.05) is 52.3 Å². The maximum Gasteiger partial charge on any atom is 0.431 e. The van der Waals surface area contributed by atoms with Crippen LogP contribution in [0.3, 0.4) is 0 Å². The zero-order valence-corrected chi connectivity index (χ0v) is 24.5. The average Bonchev–Trinajstić information content (AvgIpc) is 3.56. The number of aromatic hydroxyl groups is 1. The molecule has 5 aliphatic rings. The van der Waals surface area contributed by atoms with Crippen molar-refractivity contribution >= 4 is 27.5 Å². The summed E-state index contributed by atoms with van der Waals surface area (Å²) < 4.78 is 130. The number of nitrogens with one attached hydrogen (secondary N) is 1. The number of hydrogen-bond acceptors (Lipinski definition) is 8. The van der Waals surface area contributed by atoms with Crippen LogP contribution in [0.2, 0.25) is 0 Å². The number of aromatic nitrogens is 3. The molecule has 2 aromatic carbocycles. The Kier molecular flexibility index (Phi) is 5.90. The van der Waals surface area contributed by atoms with Crippen molar-refractivity contribution in [1.82, 2.24) is 24.8 Å². The van der Waals surface area contributed by atoms with E-state index in [1.54, 1.807) is 4.90 Å². The molecule has 9 rings (SSSR count). The first-order chi connectivity index (χ1) is 23.9. The van der Waals surface area contributed by atoms with Crippen molar-refractivity contribution in [2.75, 3.05) is 37.6 Å². The van der Waals surface area contributed by atoms with Crippen molar-refractivity contribution in [2.45, 2.75) is 62.1 Å². The van der Waals surface area contributed by atoms with Gasteiger partial charge < -0.3 is 20.1 Å². The highest BCUT2D eigenvalue weighted by Crippen LogP contribution is 2.42. The van der Waals surface area contributed by atoms with Gasteiger partial charge in [0.25, 0.3) is 5.56 Å². The lowest BCUT2D eigenvalue weighted by Gasteiger charge is -2.46. The van der Waals surface area contributed by atoms with Gasteiger partial charge in [-0.25, -0.2) is 13.2 Å². The predicted octanol–water partition coefficient (Wildman–Crippen LogP) is 4.83. The molecular weight excluding hydrogens is 630 g/mol. The topological polar surface area (TPSA) is 95.8 Å². The Morgan fingerprint density at radius 3 is 2.72 bits per heavy atom. The molecular formula is C32H30F6N6O3. The molecule has 0 saturated carbocycles. The van der Waals surface area contributed by atoms with Crippen LogP contribution < -0.4 is 20.5 Å². The van der Waals surface area contributed by atoms with E-state index in [0.29, 0.717) is 25.1 Å². The molecule has 9 nitrogen and oxygen atoms in total. The number of ether oxygens (including phenoxy) is 1. The number of piperazine rings is 1.